The summed E-state index contributed by atoms with van der Waals surface area (Å²) in [5.41, 5.74) is 1.06. The average Bonchev–Trinajstić information content (AvgIpc) is 2.91. The van der Waals surface area contributed by atoms with Crippen LogP contribution in [0.3, 0.4) is 0 Å². The third kappa shape index (κ3) is 4.07. The Morgan fingerprint density at radius 3 is 2.35 bits per heavy atom. The third-order valence-corrected chi connectivity index (χ3v) is 4.60. The lowest BCUT2D eigenvalue weighted by Gasteiger charge is -2.35. The highest BCUT2D eigenvalue weighted by Crippen LogP contribution is 2.10. The SMILES string of the molecule is CC(C)CN1CCN(Cn2ncn(-c3ccccc3)c2=S)CC1. The zero-order chi connectivity index (χ0) is 16.2. The summed E-state index contributed by atoms with van der Waals surface area (Å²) in [6.07, 6.45) is 1.81. The maximum absolute atomic E-state index is 5.58. The van der Waals surface area contributed by atoms with E-state index in [1.807, 2.05) is 45.9 Å². The number of hydrogen-bond acceptors (Lipinski definition) is 4. The van der Waals surface area contributed by atoms with Crippen molar-refractivity contribution in [1.29, 1.82) is 0 Å². The van der Waals surface area contributed by atoms with E-state index in [0.29, 0.717) is 0 Å². The molecular weight excluding hydrogens is 306 g/mol. The molecule has 0 bridgehead atoms. The lowest BCUT2D eigenvalue weighted by molar-refractivity contribution is 0.0950. The second kappa shape index (κ2) is 7.38. The maximum Gasteiger partial charge on any atom is 0.203 e. The van der Waals surface area contributed by atoms with Gasteiger partial charge in [-0.1, -0.05) is 32.0 Å². The minimum Gasteiger partial charge on any atom is -0.301 e. The molecule has 1 fully saturated rings. The van der Waals surface area contributed by atoms with Crippen molar-refractivity contribution in [2.75, 3.05) is 32.7 Å². The van der Waals surface area contributed by atoms with Crippen LogP contribution in [-0.2, 0) is 6.67 Å². The van der Waals surface area contributed by atoms with E-state index < -0.39 is 0 Å². The van der Waals surface area contributed by atoms with Crippen LogP contribution in [0.4, 0.5) is 0 Å². The molecule has 6 heteroatoms. The first-order valence-corrected chi connectivity index (χ1v) is 8.69. The van der Waals surface area contributed by atoms with Gasteiger partial charge in [0, 0.05) is 38.4 Å². The van der Waals surface area contributed by atoms with E-state index in [-0.39, 0.29) is 0 Å². The molecule has 124 valence electrons. The van der Waals surface area contributed by atoms with Gasteiger partial charge >= 0.3 is 0 Å². The molecule has 1 aromatic carbocycles. The van der Waals surface area contributed by atoms with Gasteiger partial charge in [-0.05, 0) is 30.3 Å². The number of aromatic nitrogens is 3. The molecule has 1 saturated heterocycles. The standard InChI is InChI=1S/C17H25N5S/c1-15(2)12-19-8-10-20(11-9-19)14-22-17(23)21(13-18-22)16-6-4-3-5-7-16/h3-7,13,15H,8-12,14H2,1-2H3. The van der Waals surface area contributed by atoms with Crippen LogP contribution >= 0.6 is 12.2 Å². The Bertz CT molecular complexity index is 668. The third-order valence-electron chi connectivity index (χ3n) is 4.19. The molecule has 0 spiro atoms. The molecule has 23 heavy (non-hydrogen) atoms. The maximum atomic E-state index is 5.58. The fourth-order valence-electron chi connectivity index (χ4n) is 3.02. The highest BCUT2D eigenvalue weighted by molar-refractivity contribution is 7.71. The molecule has 0 N–H and O–H groups in total. The van der Waals surface area contributed by atoms with Gasteiger partial charge in [0.05, 0.1) is 6.67 Å². The highest BCUT2D eigenvalue weighted by Gasteiger charge is 2.18. The number of para-hydroxylation sites is 1. The fraction of sp³-hybridized carbons (Fsp3) is 0.529. The molecular formula is C17H25N5S. The number of hydrogen-bond donors (Lipinski definition) is 0. The lowest BCUT2D eigenvalue weighted by Crippen LogP contribution is -2.47. The molecule has 0 aliphatic carbocycles. The van der Waals surface area contributed by atoms with Crippen molar-refractivity contribution in [2.45, 2.75) is 20.5 Å². The molecule has 2 aromatic rings. The molecule has 1 aliphatic heterocycles. The first-order chi connectivity index (χ1) is 11.1. The second-order valence-corrected chi connectivity index (χ2v) is 6.94. The van der Waals surface area contributed by atoms with Crippen LogP contribution in [0.25, 0.3) is 5.69 Å². The molecule has 1 aromatic heterocycles. The smallest absolute Gasteiger partial charge is 0.203 e. The molecule has 0 radical (unpaired) electrons. The Labute approximate surface area is 143 Å². The summed E-state index contributed by atoms with van der Waals surface area (Å²) in [7, 11) is 0. The van der Waals surface area contributed by atoms with Crippen molar-refractivity contribution in [3.05, 3.63) is 41.4 Å². The lowest BCUT2D eigenvalue weighted by atomic mass is 10.2. The van der Waals surface area contributed by atoms with Gasteiger partial charge in [0.15, 0.2) is 0 Å². The molecule has 0 unspecified atom stereocenters. The van der Waals surface area contributed by atoms with Crippen molar-refractivity contribution in [3.63, 3.8) is 0 Å². The highest BCUT2D eigenvalue weighted by atomic mass is 32.1. The molecule has 0 atom stereocenters. The van der Waals surface area contributed by atoms with E-state index in [2.05, 4.69) is 28.7 Å². The zero-order valence-corrected chi connectivity index (χ0v) is 14.7. The van der Waals surface area contributed by atoms with E-state index in [9.17, 15) is 0 Å². The van der Waals surface area contributed by atoms with Crippen molar-refractivity contribution in [2.24, 2.45) is 5.92 Å². The van der Waals surface area contributed by atoms with Crippen LogP contribution in [0.5, 0.6) is 0 Å². The van der Waals surface area contributed by atoms with Crippen LogP contribution in [0.15, 0.2) is 36.7 Å². The predicted molar refractivity (Wildman–Crippen MR) is 95.2 cm³/mol. The van der Waals surface area contributed by atoms with Gasteiger partial charge in [-0.3, -0.25) is 9.47 Å². The summed E-state index contributed by atoms with van der Waals surface area (Å²) >= 11 is 5.58. The van der Waals surface area contributed by atoms with Crippen LogP contribution in [-0.4, -0.2) is 56.9 Å². The molecule has 3 rings (SSSR count). The summed E-state index contributed by atoms with van der Waals surface area (Å²) in [4.78, 5) is 4.97. The molecule has 0 amide bonds. The van der Waals surface area contributed by atoms with Crippen LogP contribution in [0.2, 0.25) is 0 Å². The average molecular weight is 331 g/mol. The topological polar surface area (TPSA) is 29.2 Å². The summed E-state index contributed by atoms with van der Waals surface area (Å²) in [5.74, 6) is 0.733. The number of nitrogens with zero attached hydrogens (tertiary/aromatic N) is 5. The predicted octanol–water partition coefficient (Wildman–Crippen LogP) is 2.63. The van der Waals surface area contributed by atoms with Crippen molar-refractivity contribution >= 4 is 12.2 Å². The summed E-state index contributed by atoms with van der Waals surface area (Å²) < 4.78 is 4.63. The van der Waals surface area contributed by atoms with Crippen LogP contribution < -0.4 is 0 Å². The Balaban J connectivity index is 1.62. The van der Waals surface area contributed by atoms with Gasteiger partial charge in [0.25, 0.3) is 0 Å². The molecule has 0 saturated carbocycles. The Morgan fingerprint density at radius 2 is 1.70 bits per heavy atom. The van der Waals surface area contributed by atoms with E-state index in [1.54, 1.807) is 0 Å². The van der Waals surface area contributed by atoms with Gasteiger partial charge in [0.2, 0.25) is 4.77 Å². The van der Waals surface area contributed by atoms with Crippen molar-refractivity contribution in [3.8, 4) is 5.69 Å². The molecule has 5 nitrogen and oxygen atoms in total. The van der Waals surface area contributed by atoms with Gasteiger partial charge in [-0.2, -0.15) is 5.10 Å². The van der Waals surface area contributed by atoms with Crippen molar-refractivity contribution < 1.29 is 0 Å². The first kappa shape index (κ1) is 16.4. The summed E-state index contributed by atoms with van der Waals surface area (Å²) in [5, 5.41) is 4.47. The molecule has 1 aliphatic rings. The summed E-state index contributed by atoms with van der Waals surface area (Å²) in [6, 6.07) is 10.1. The quantitative estimate of drug-likeness (QED) is 0.788. The monoisotopic (exact) mass is 331 g/mol. The minimum atomic E-state index is 0.733. The van der Waals surface area contributed by atoms with Gasteiger partial charge in [0.1, 0.15) is 6.33 Å². The zero-order valence-electron chi connectivity index (χ0n) is 13.9. The Hall–Kier alpha value is -1.50. The largest absolute Gasteiger partial charge is 0.301 e. The minimum absolute atomic E-state index is 0.733. The van der Waals surface area contributed by atoms with Gasteiger partial charge in [-0.25, -0.2) is 4.68 Å². The van der Waals surface area contributed by atoms with E-state index >= 15 is 0 Å². The Morgan fingerprint density at radius 1 is 1.04 bits per heavy atom. The second-order valence-electron chi connectivity index (χ2n) is 6.57. The first-order valence-electron chi connectivity index (χ1n) is 8.28. The number of piperazine rings is 1. The van der Waals surface area contributed by atoms with E-state index in [4.69, 9.17) is 12.2 Å². The van der Waals surface area contributed by atoms with Gasteiger partial charge < -0.3 is 4.90 Å². The Kier molecular flexibility index (Phi) is 5.25. The molecule has 2 heterocycles. The normalized spacial score (nSPS) is 17.0. The fourth-order valence-corrected chi connectivity index (χ4v) is 3.28. The van der Waals surface area contributed by atoms with Gasteiger partial charge in [-0.15, -0.1) is 0 Å². The van der Waals surface area contributed by atoms with Crippen molar-refractivity contribution in [1.82, 2.24) is 24.1 Å². The summed E-state index contributed by atoms with van der Waals surface area (Å²) in [6.45, 7) is 10.9. The van der Waals surface area contributed by atoms with Crippen LogP contribution in [0, 0.1) is 10.7 Å². The van der Waals surface area contributed by atoms with E-state index in [0.717, 1.165) is 49.2 Å². The van der Waals surface area contributed by atoms with E-state index in [1.165, 1.54) is 6.54 Å². The number of rotatable bonds is 5. The van der Waals surface area contributed by atoms with Crippen LogP contribution in [0.1, 0.15) is 13.8 Å². The number of benzene rings is 1.